The van der Waals surface area contributed by atoms with Crippen molar-refractivity contribution < 1.29 is 203 Å². The van der Waals surface area contributed by atoms with Gasteiger partial charge in [-0.05, 0) is 0 Å². The van der Waals surface area contributed by atoms with Gasteiger partial charge < -0.3 is 205 Å². The third-order valence-electron chi connectivity index (χ3n) is 18.3. The molecule has 8 aliphatic rings. The number of aliphatic hydroxyl groups excluding tert-OH is 22. The van der Waals surface area contributed by atoms with E-state index in [1.807, 2.05) is 0 Å². The molecule has 45 nitrogen and oxygen atoms in total. The largest absolute Gasteiger partial charge is 0.394 e. The first kappa shape index (κ1) is 83.0. The monoisotopic (exact) mass is 1480 g/mol. The molecule has 584 valence electrons. The van der Waals surface area contributed by atoms with Crippen molar-refractivity contribution in [2.75, 3.05) is 52.9 Å². The second kappa shape index (κ2) is 36.3. The van der Waals surface area contributed by atoms with E-state index in [1.54, 1.807) is 0 Å². The number of carbonyl (C=O) groups excluding carboxylic acids is 4. The lowest BCUT2D eigenvalue weighted by molar-refractivity contribution is -0.407. The average molecular weight is 1480 g/mol. The van der Waals surface area contributed by atoms with E-state index in [2.05, 4.69) is 21.3 Å². The van der Waals surface area contributed by atoms with Crippen LogP contribution >= 0.6 is 0 Å². The van der Waals surface area contributed by atoms with Gasteiger partial charge in [0.05, 0.1) is 52.9 Å². The van der Waals surface area contributed by atoms with Crippen molar-refractivity contribution in [3.05, 3.63) is 0 Å². The van der Waals surface area contributed by atoms with Crippen molar-refractivity contribution in [2.45, 2.75) is 273 Å². The lowest BCUT2D eigenvalue weighted by Gasteiger charge is -2.52. The van der Waals surface area contributed by atoms with Gasteiger partial charge in [0.2, 0.25) is 23.6 Å². The first-order valence-corrected chi connectivity index (χ1v) is 32.1. The van der Waals surface area contributed by atoms with E-state index in [-0.39, 0.29) is 0 Å². The highest BCUT2D eigenvalue weighted by Gasteiger charge is 2.61. The van der Waals surface area contributed by atoms with Crippen LogP contribution < -0.4 is 21.3 Å². The van der Waals surface area contributed by atoms with E-state index in [4.69, 9.17) is 71.1 Å². The summed E-state index contributed by atoms with van der Waals surface area (Å²) < 4.78 is 90.4. The smallest absolute Gasteiger partial charge is 0.217 e. The Balaban J connectivity index is 1.24. The Morgan fingerprint density at radius 1 is 0.257 bits per heavy atom. The second-order valence-corrected chi connectivity index (χ2v) is 25.4. The summed E-state index contributed by atoms with van der Waals surface area (Å²) in [5.74, 6) is -3.61. The number of rotatable bonds is 26. The molecule has 40 atom stereocenters. The summed E-state index contributed by atoms with van der Waals surface area (Å²) in [6, 6.07) is -7.44. The maximum Gasteiger partial charge on any atom is 0.217 e. The molecule has 8 fully saturated rings. The molecule has 0 aromatic rings. The van der Waals surface area contributed by atoms with Crippen LogP contribution in [0, 0.1) is 0 Å². The van der Waals surface area contributed by atoms with Gasteiger partial charge >= 0.3 is 0 Å². The van der Waals surface area contributed by atoms with Gasteiger partial charge in [0.15, 0.2) is 50.3 Å². The Kier molecular flexibility index (Phi) is 29.9. The molecule has 8 saturated heterocycles. The minimum atomic E-state index is -2.60. The molecule has 1 unspecified atom stereocenters. The fourth-order valence-electron chi connectivity index (χ4n) is 13.0. The van der Waals surface area contributed by atoms with E-state index in [0.29, 0.717) is 0 Å². The summed E-state index contributed by atoms with van der Waals surface area (Å²) in [6.45, 7) is -4.97. The van der Waals surface area contributed by atoms with Crippen LogP contribution in [0.2, 0.25) is 0 Å². The zero-order valence-corrected chi connectivity index (χ0v) is 54.3. The van der Waals surface area contributed by atoms with Crippen LogP contribution in [0.1, 0.15) is 27.7 Å². The number of nitrogens with one attached hydrogen (secondary N) is 4. The normalized spacial score (nSPS) is 48.3. The van der Waals surface area contributed by atoms with Gasteiger partial charge in [-0.25, -0.2) is 0 Å². The first-order chi connectivity index (χ1) is 47.8. The SMILES string of the molecule is CC(=O)N[C@H]1[C@H](O[C@@H]2[C@@H](O[C@@H]3[C@H](O)[C@H](O[C@H]4[C@H](O)[C@@H](NC(C)=O)C(O)O[C@@H]4CO)O[C@H](CO[C@H]4O[C@H](CO)[C@@H](O)[C@H](O)[C@@H]4O[C@@H]4O[C@H](CO)[C@@H](O)[C@H](O)[C@H]4NC(C)=O)[C@H]3O[C@@H]3O[C@H](CO)[C@@H](O)[C@H](O)[C@H]3NC(C)=O)O[C@H](CO)[C@@H](O)[C@@H]2O)O[C@H](CO)[C@@H](O[C@@H]2O[C@H](CO)[C@H](O)[C@H](O)[C@H]2O)[C@@H]1O. The van der Waals surface area contributed by atoms with Gasteiger partial charge in [0.1, 0.15) is 195 Å². The highest BCUT2D eigenvalue weighted by Crippen LogP contribution is 2.40. The topological polar surface area (TPSA) is 700 Å². The highest BCUT2D eigenvalue weighted by atomic mass is 16.8. The van der Waals surface area contributed by atoms with Crippen LogP contribution in [-0.2, 0) is 90.2 Å². The maximum absolute atomic E-state index is 13.0. The standard InChI is InChI=1S/C56H94N4O41/c1-13(68)57-25-36(79)43(22(10-66)88-49(25)86)97-54-42(85)46(99-56-48(40(83)33(76)21(9-65)93-56)101-52-28(60-16(4)71)37(80)44(23(11-67)94-52)96-53-41(84)38(81)31(74)19(7-63)91-53)45(98-50-26(58-14(2)69)34(77)29(72)17(5-61)89-50)24(95-54)12-87-55-47(39(82)32(75)20(8-64)92-55)100-51-27(59-15(3)70)35(78)30(73)18(6-62)90-51/h17-56,61-67,72-86H,5-12H2,1-4H3,(H,57,68)(H,58,69)(H,59,70)(H,60,71)/t17-,18-,19-,20-,21-,22-,23-,24-,25-,26-,27-,28-,29-,30-,31+,32-,33-,34-,35-,36-,37-,38+,39+,40+,41-,42+,43-,44-,45-,46-,47+,48+,49?,50+,51+,52+,53+,54+,55+,56-/m1/s1. The molecule has 0 aromatic heterocycles. The Bertz CT molecular complexity index is 2640. The molecule has 0 aromatic carbocycles. The second-order valence-electron chi connectivity index (χ2n) is 25.4. The molecule has 8 aliphatic heterocycles. The molecule has 0 saturated carbocycles. The number of carbonyl (C=O) groups is 4. The zero-order chi connectivity index (χ0) is 74.5. The van der Waals surface area contributed by atoms with Gasteiger partial charge in [-0.2, -0.15) is 0 Å². The predicted octanol–water partition coefficient (Wildman–Crippen LogP) is -17.9. The molecule has 0 radical (unpaired) electrons. The van der Waals surface area contributed by atoms with Crippen molar-refractivity contribution >= 4 is 23.6 Å². The van der Waals surface area contributed by atoms with E-state index < -0.39 is 322 Å². The molecule has 0 bridgehead atoms. The van der Waals surface area contributed by atoms with Crippen LogP contribution in [0.15, 0.2) is 0 Å². The molecule has 45 heteroatoms. The summed E-state index contributed by atoms with van der Waals surface area (Å²) in [6.07, 6.45) is -75.7. The quantitative estimate of drug-likeness (QED) is 0.0382. The van der Waals surface area contributed by atoms with Crippen LogP contribution in [0.3, 0.4) is 0 Å². The Labute approximate surface area is 572 Å². The van der Waals surface area contributed by atoms with Gasteiger partial charge in [-0.1, -0.05) is 0 Å². The van der Waals surface area contributed by atoms with Crippen LogP contribution in [0.25, 0.3) is 0 Å². The third-order valence-corrected chi connectivity index (χ3v) is 18.3. The molecule has 8 heterocycles. The van der Waals surface area contributed by atoms with Crippen LogP contribution in [0.4, 0.5) is 0 Å². The molecule has 8 rings (SSSR count). The Morgan fingerprint density at radius 2 is 0.545 bits per heavy atom. The van der Waals surface area contributed by atoms with E-state index in [1.165, 1.54) is 0 Å². The lowest BCUT2D eigenvalue weighted by atomic mass is 9.93. The fraction of sp³-hybridized carbons (Fsp3) is 0.929. The van der Waals surface area contributed by atoms with Gasteiger partial charge in [0, 0.05) is 27.7 Å². The van der Waals surface area contributed by atoms with Crippen molar-refractivity contribution in [1.82, 2.24) is 21.3 Å². The number of aliphatic hydroxyl groups is 22. The van der Waals surface area contributed by atoms with Gasteiger partial charge in [-0.3, -0.25) is 19.2 Å². The first-order valence-electron chi connectivity index (χ1n) is 32.1. The van der Waals surface area contributed by atoms with Crippen molar-refractivity contribution in [2.24, 2.45) is 0 Å². The molecular formula is C56H94N4O41. The molecule has 26 N–H and O–H groups in total. The number of hydrogen-bond acceptors (Lipinski definition) is 41. The van der Waals surface area contributed by atoms with E-state index in [9.17, 15) is 132 Å². The van der Waals surface area contributed by atoms with Crippen molar-refractivity contribution in [1.29, 1.82) is 0 Å². The van der Waals surface area contributed by atoms with Crippen LogP contribution in [0.5, 0.6) is 0 Å². The summed E-state index contributed by atoms with van der Waals surface area (Å²) in [5.41, 5.74) is 0. The summed E-state index contributed by atoms with van der Waals surface area (Å²) >= 11 is 0. The fourth-order valence-corrected chi connectivity index (χ4v) is 13.0. The highest BCUT2D eigenvalue weighted by molar-refractivity contribution is 5.74. The van der Waals surface area contributed by atoms with Gasteiger partial charge in [-0.15, -0.1) is 0 Å². The summed E-state index contributed by atoms with van der Waals surface area (Å²) in [4.78, 5) is 50.8. The molecule has 0 aliphatic carbocycles. The molecule has 4 amide bonds. The third kappa shape index (κ3) is 18.5. The minimum Gasteiger partial charge on any atom is -0.394 e. The van der Waals surface area contributed by atoms with E-state index >= 15 is 0 Å². The lowest BCUT2D eigenvalue weighted by Crippen LogP contribution is -2.71. The van der Waals surface area contributed by atoms with Crippen molar-refractivity contribution in [3.8, 4) is 0 Å². The van der Waals surface area contributed by atoms with Gasteiger partial charge in [0.25, 0.3) is 0 Å². The Hall–Kier alpha value is -3.60. The molecule has 101 heavy (non-hydrogen) atoms. The van der Waals surface area contributed by atoms with Crippen molar-refractivity contribution in [3.63, 3.8) is 0 Å². The Morgan fingerprint density at radius 3 is 0.970 bits per heavy atom. The predicted molar refractivity (Wildman–Crippen MR) is 311 cm³/mol. The molecular weight excluding hydrogens is 1380 g/mol. The van der Waals surface area contributed by atoms with E-state index in [0.717, 1.165) is 27.7 Å². The maximum atomic E-state index is 13.0. The molecule has 0 spiro atoms. The minimum absolute atomic E-state index is 0.851. The zero-order valence-electron chi connectivity index (χ0n) is 54.3. The number of ether oxygens (including phenoxy) is 15. The number of hydrogen-bond donors (Lipinski definition) is 26. The summed E-state index contributed by atoms with van der Waals surface area (Å²) in [5, 5.41) is 253. The average Bonchev–Trinajstić information content (AvgIpc) is 0.768. The summed E-state index contributed by atoms with van der Waals surface area (Å²) in [7, 11) is 0. The number of amides is 4. The van der Waals surface area contributed by atoms with Crippen LogP contribution in [-0.4, -0.2) is 434 Å².